The fourth-order valence-electron chi connectivity index (χ4n) is 5.41. The van der Waals surface area contributed by atoms with Crippen molar-refractivity contribution in [3.8, 4) is 17.3 Å². The van der Waals surface area contributed by atoms with Crippen molar-refractivity contribution in [2.24, 2.45) is 5.92 Å². The zero-order chi connectivity index (χ0) is 26.5. The Morgan fingerprint density at radius 3 is 2.63 bits per heavy atom. The van der Waals surface area contributed by atoms with E-state index < -0.39 is 0 Å². The highest BCUT2D eigenvalue weighted by atomic mass is 16.2. The average Bonchev–Trinajstić information content (AvgIpc) is 3.65. The molecule has 2 aromatic heterocycles. The van der Waals surface area contributed by atoms with Crippen LogP contribution in [0, 0.1) is 17.2 Å². The maximum atomic E-state index is 13.1. The van der Waals surface area contributed by atoms with E-state index in [2.05, 4.69) is 26.5 Å². The molecule has 10 nitrogen and oxygen atoms in total. The van der Waals surface area contributed by atoms with Crippen molar-refractivity contribution in [1.29, 1.82) is 5.26 Å². The Balaban J connectivity index is 1.27. The predicted molar refractivity (Wildman–Crippen MR) is 142 cm³/mol. The topological polar surface area (TPSA) is 120 Å². The molecule has 0 spiro atoms. The summed E-state index contributed by atoms with van der Waals surface area (Å²) in [5.74, 6) is 0.874. The van der Waals surface area contributed by atoms with Gasteiger partial charge in [-0.15, -0.1) is 0 Å². The van der Waals surface area contributed by atoms with E-state index in [1.54, 1.807) is 41.2 Å². The van der Waals surface area contributed by atoms with Gasteiger partial charge in [-0.1, -0.05) is 18.9 Å². The van der Waals surface area contributed by atoms with Gasteiger partial charge >= 0.3 is 0 Å². The van der Waals surface area contributed by atoms with E-state index in [1.807, 2.05) is 29.1 Å². The molecular weight excluding hydrogens is 480 g/mol. The Kier molecular flexibility index (Phi) is 7.63. The van der Waals surface area contributed by atoms with Gasteiger partial charge in [-0.05, 0) is 43.0 Å². The Hall–Kier alpha value is -4.26. The summed E-state index contributed by atoms with van der Waals surface area (Å²) in [7, 11) is 0. The highest BCUT2D eigenvalue weighted by Gasteiger charge is 2.27. The SMILES string of the molecule is CC(=O)N1CCN(C(=O)c2cccc(Nc3nccc(-c4cnn(C(CC#N)C5CCCC5)c4)n3)c2)CC1. The average molecular weight is 513 g/mol. The molecule has 0 radical (unpaired) electrons. The lowest BCUT2D eigenvalue weighted by molar-refractivity contribution is -0.130. The molecule has 1 unspecified atom stereocenters. The second-order valence-corrected chi connectivity index (χ2v) is 9.95. The second kappa shape index (κ2) is 11.4. The van der Waals surface area contributed by atoms with E-state index in [9.17, 15) is 14.9 Å². The van der Waals surface area contributed by atoms with E-state index in [4.69, 9.17) is 0 Å². The van der Waals surface area contributed by atoms with Gasteiger partial charge in [0.15, 0.2) is 0 Å². The molecule has 5 rings (SSSR count). The normalized spacial score (nSPS) is 16.7. The van der Waals surface area contributed by atoms with Gasteiger partial charge in [-0.25, -0.2) is 9.97 Å². The Morgan fingerprint density at radius 2 is 1.89 bits per heavy atom. The van der Waals surface area contributed by atoms with Gasteiger partial charge < -0.3 is 15.1 Å². The molecule has 2 aliphatic rings. The molecule has 3 heterocycles. The monoisotopic (exact) mass is 512 g/mol. The van der Waals surface area contributed by atoms with Crippen molar-refractivity contribution in [3.05, 3.63) is 54.5 Å². The maximum absolute atomic E-state index is 13.1. The highest BCUT2D eigenvalue weighted by Crippen LogP contribution is 2.36. The number of piperazine rings is 1. The number of benzene rings is 1. The van der Waals surface area contributed by atoms with Crippen LogP contribution >= 0.6 is 0 Å². The van der Waals surface area contributed by atoms with Crippen molar-refractivity contribution >= 4 is 23.5 Å². The molecule has 1 saturated heterocycles. The minimum atomic E-state index is -0.0619. The highest BCUT2D eigenvalue weighted by molar-refractivity contribution is 5.95. The molecule has 196 valence electrons. The van der Waals surface area contributed by atoms with Crippen LogP contribution in [0.3, 0.4) is 0 Å². The number of amides is 2. The summed E-state index contributed by atoms with van der Waals surface area (Å²) in [4.78, 5) is 37.2. The third-order valence-corrected chi connectivity index (χ3v) is 7.51. The zero-order valence-corrected chi connectivity index (χ0v) is 21.6. The van der Waals surface area contributed by atoms with Gasteiger partial charge in [0, 0.05) is 62.3 Å². The van der Waals surface area contributed by atoms with Gasteiger partial charge in [0.25, 0.3) is 5.91 Å². The number of nitrogens with one attached hydrogen (secondary N) is 1. The standard InChI is InChI=1S/C28H32N8O2/c1-20(37)34-13-15-35(16-14-34)27(38)22-7-4-8-24(17-22)32-28-30-12-10-25(33-28)23-18-31-36(19-23)26(9-11-29)21-5-2-3-6-21/h4,7-8,10,12,17-19,21,26H,2-3,5-6,9,13-16H2,1H3,(H,30,32,33). The van der Waals surface area contributed by atoms with Crippen molar-refractivity contribution < 1.29 is 9.59 Å². The number of nitriles is 1. The maximum Gasteiger partial charge on any atom is 0.254 e. The fourth-order valence-corrected chi connectivity index (χ4v) is 5.41. The molecule has 10 heteroatoms. The summed E-state index contributed by atoms with van der Waals surface area (Å²) in [6.45, 7) is 3.69. The Bertz CT molecular complexity index is 1330. The van der Waals surface area contributed by atoms with Crippen LogP contribution in [0.25, 0.3) is 11.3 Å². The van der Waals surface area contributed by atoms with Gasteiger partial charge in [0.2, 0.25) is 11.9 Å². The van der Waals surface area contributed by atoms with Gasteiger partial charge in [0.05, 0.1) is 30.4 Å². The van der Waals surface area contributed by atoms with Crippen LogP contribution in [0.4, 0.5) is 11.6 Å². The van der Waals surface area contributed by atoms with Crippen LogP contribution in [-0.4, -0.2) is 67.5 Å². The summed E-state index contributed by atoms with van der Waals surface area (Å²) < 4.78 is 1.93. The van der Waals surface area contributed by atoms with Crippen LogP contribution in [0.1, 0.15) is 55.4 Å². The van der Waals surface area contributed by atoms with Crippen molar-refractivity contribution in [1.82, 2.24) is 29.5 Å². The summed E-state index contributed by atoms with van der Waals surface area (Å²) in [5, 5.41) is 17.2. The molecule has 3 aromatic rings. The van der Waals surface area contributed by atoms with Crippen molar-refractivity contribution in [2.75, 3.05) is 31.5 Å². The number of aromatic nitrogens is 4. The molecule has 1 aliphatic carbocycles. The fraction of sp³-hybridized carbons (Fsp3) is 0.429. The number of anilines is 2. The molecule has 1 aromatic carbocycles. The predicted octanol–water partition coefficient (Wildman–Crippen LogP) is 4.03. The number of carbonyl (C=O) groups excluding carboxylic acids is 2. The lowest BCUT2D eigenvalue weighted by atomic mass is 9.96. The van der Waals surface area contributed by atoms with Crippen LogP contribution in [-0.2, 0) is 4.79 Å². The van der Waals surface area contributed by atoms with E-state index in [-0.39, 0.29) is 17.9 Å². The first kappa shape index (κ1) is 25.4. The van der Waals surface area contributed by atoms with E-state index >= 15 is 0 Å². The third-order valence-electron chi connectivity index (χ3n) is 7.51. The molecule has 1 saturated carbocycles. The number of nitrogens with zero attached hydrogens (tertiary/aromatic N) is 7. The molecule has 0 bridgehead atoms. The summed E-state index contributed by atoms with van der Waals surface area (Å²) in [6.07, 6.45) is 10.6. The zero-order valence-electron chi connectivity index (χ0n) is 21.6. The molecule has 2 fully saturated rings. The third kappa shape index (κ3) is 5.67. The quantitative estimate of drug-likeness (QED) is 0.507. The summed E-state index contributed by atoms with van der Waals surface area (Å²) in [5.41, 5.74) is 2.87. The first-order valence-electron chi connectivity index (χ1n) is 13.2. The summed E-state index contributed by atoms with van der Waals surface area (Å²) >= 11 is 0. The largest absolute Gasteiger partial charge is 0.339 e. The summed E-state index contributed by atoms with van der Waals surface area (Å²) in [6, 6.07) is 11.5. The van der Waals surface area contributed by atoms with E-state index in [0.717, 1.165) is 24.1 Å². The minimum absolute atomic E-state index is 0.0358. The number of rotatable bonds is 7. The minimum Gasteiger partial charge on any atom is -0.339 e. The van der Waals surface area contributed by atoms with E-state index in [1.165, 1.54) is 12.8 Å². The van der Waals surface area contributed by atoms with E-state index in [0.29, 0.717) is 55.7 Å². The van der Waals surface area contributed by atoms with Gasteiger partial charge in [0.1, 0.15) is 0 Å². The Labute approximate surface area is 222 Å². The number of hydrogen-bond donors (Lipinski definition) is 1. The lowest BCUT2D eigenvalue weighted by Crippen LogP contribution is -2.50. The Morgan fingerprint density at radius 1 is 1.13 bits per heavy atom. The molecule has 1 N–H and O–H groups in total. The van der Waals surface area contributed by atoms with Crippen molar-refractivity contribution in [2.45, 2.75) is 45.1 Å². The van der Waals surface area contributed by atoms with Gasteiger partial charge in [-0.2, -0.15) is 10.4 Å². The van der Waals surface area contributed by atoms with Gasteiger partial charge in [-0.3, -0.25) is 14.3 Å². The van der Waals surface area contributed by atoms with Crippen molar-refractivity contribution in [3.63, 3.8) is 0 Å². The second-order valence-electron chi connectivity index (χ2n) is 9.95. The first-order valence-corrected chi connectivity index (χ1v) is 13.2. The smallest absolute Gasteiger partial charge is 0.254 e. The molecular formula is C28H32N8O2. The van der Waals surface area contributed by atoms with Crippen LogP contribution in [0.2, 0.25) is 0 Å². The van der Waals surface area contributed by atoms with Crippen LogP contribution < -0.4 is 5.32 Å². The lowest BCUT2D eigenvalue weighted by Gasteiger charge is -2.34. The molecule has 1 atom stereocenters. The van der Waals surface area contributed by atoms with Crippen LogP contribution in [0.5, 0.6) is 0 Å². The first-order chi connectivity index (χ1) is 18.5. The van der Waals surface area contributed by atoms with Crippen LogP contribution in [0.15, 0.2) is 48.9 Å². The molecule has 38 heavy (non-hydrogen) atoms. The molecule has 1 aliphatic heterocycles. The number of hydrogen-bond acceptors (Lipinski definition) is 7. The number of carbonyl (C=O) groups is 2. The molecule has 2 amide bonds.